The van der Waals surface area contributed by atoms with Crippen molar-refractivity contribution in [3.63, 3.8) is 0 Å². The maximum atomic E-state index is 11.7. The van der Waals surface area contributed by atoms with E-state index < -0.39 is 10.8 Å². The standard InChI is InChI=1S/C10H7N3O4S/c14-7-5-11-4-3-6(7)12-10(15)8-1-2-9(18-8)13(16)17/h1-5,14H,(H,11,12,15). The fourth-order valence-electron chi connectivity index (χ4n) is 1.22. The number of carbonyl (C=O) groups is 1. The third-order valence-corrected chi connectivity index (χ3v) is 3.08. The van der Waals surface area contributed by atoms with Crippen LogP contribution in [0.15, 0.2) is 30.6 Å². The summed E-state index contributed by atoms with van der Waals surface area (Å²) >= 11 is 0.766. The Kier molecular flexibility index (Phi) is 3.20. The lowest BCUT2D eigenvalue weighted by Crippen LogP contribution is -2.10. The van der Waals surface area contributed by atoms with Gasteiger partial charge in [0.05, 0.1) is 21.7 Å². The van der Waals surface area contributed by atoms with Gasteiger partial charge in [0.2, 0.25) is 0 Å². The molecule has 0 aliphatic heterocycles. The van der Waals surface area contributed by atoms with Crippen LogP contribution in [0.3, 0.4) is 0 Å². The van der Waals surface area contributed by atoms with E-state index in [0.717, 1.165) is 11.3 Å². The van der Waals surface area contributed by atoms with Crippen LogP contribution in [-0.2, 0) is 0 Å². The summed E-state index contributed by atoms with van der Waals surface area (Å²) in [6.45, 7) is 0. The van der Waals surface area contributed by atoms with E-state index in [9.17, 15) is 20.0 Å². The zero-order valence-electron chi connectivity index (χ0n) is 8.86. The van der Waals surface area contributed by atoms with Crippen molar-refractivity contribution >= 4 is 27.9 Å². The Balaban J connectivity index is 2.17. The zero-order valence-corrected chi connectivity index (χ0v) is 9.68. The Hall–Kier alpha value is -2.48. The number of amides is 1. The van der Waals surface area contributed by atoms with Gasteiger partial charge in [0.15, 0.2) is 5.75 Å². The number of pyridine rings is 1. The van der Waals surface area contributed by atoms with Crippen molar-refractivity contribution in [3.8, 4) is 5.75 Å². The molecule has 2 aromatic heterocycles. The predicted octanol–water partition coefficient (Wildman–Crippen LogP) is 2.01. The fraction of sp³-hybridized carbons (Fsp3) is 0. The van der Waals surface area contributed by atoms with E-state index in [2.05, 4.69) is 10.3 Å². The molecule has 92 valence electrons. The van der Waals surface area contributed by atoms with E-state index in [-0.39, 0.29) is 21.3 Å². The highest BCUT2D eigenvalue weighted by Gasteiger charge is 2.16. The van der Waals surface area contributed by atoms with Gasteiger partial charge in [-0.2, -0.15) is 0 Å². The molecule has 2 rings (SSSR count). The summed E-state index contributed by atoms with van der Waals surface area (Å²) in [6, 6.07) is 4.04. The Morgan fingerprint density at radius 1 is 1.44 bits per heavy atom. The smallest absolute Gasteiger partial charge is 0.324 e. The molecule has 7 nitrogen and oxygen atoms in total. The van der Waals surface area contributed by atoms with Crippen molar-refractivity contribution in [3.05, 3.63) is 45.6 Å². The van der Waals surface area contributed by atoms with Crippen molar-refractivity contribution in [2.24, 2.45) is 0 Å². The summed E-state index contributed by atoms with van der Waals surface area (Å²) in [5.74, 6) is -0.688. The van der Waals surface area contributed by atoms with Gasteiger partial charge in [0.25, 0.3) is 5.91 Å². The van der Waals surface area contributed by atoms with Crippen molar-refractivity contribution in [1.29, 1.82) is 0 Å². The summed E-state index contributed by atoms with van der Waals surface area (Å²) in [5, 5.41) is 22.2. The first kappa shape index (κ1) is 12.0. The molecular weight excluding hydrogens is 258 g/mol. The molecule has 0 aromatic carbocycles. The van der Waals surface area contributed by atoms with E-state index in [1.807, 2.05) is 0 Å². The number of thiophene rings is 1. The number of nitro groups is 1. The number of aromatic nitrogens is 1. The lowest BCUT2D eigenvalue weighted by atomic mass is 10.3. The van der Waals surface area contributed by atoms with Crippen LogP contribution < -0.4 is 5.32 Å². The summed E-state index contributed by atoms with van der Waals surface area (Å²) in [4.78, 5) is 25.5. The Morgan fingerprint density at radius 2 is 2.22 bits per heavy atom. The maximum Gasteiger partial charge on any atom is 0.324 e. The molecule has 0 radical (unpaired) electrons. The fourth-order valence-corrected chi connectivity index (χ4v) is 1.94. The van der Waals surface area contributed by atoms with Gasteiger partial charge >= 0.3 is 5.00 Å². The molecule has 8 heteroatoms. The number of nitrogens with one attached hydrogen (secondary N) is 1. The van der Waals surface area contributed by atoms with Crippen molar-refractivity contribution in [1.82, 2.24) is 4.98 Å². The van der Waals surface area contributed by atoms with Gasteiger partial charge in [0, 0.05) is 12.3 Å². The highest BCUT2D eigenvalue weighted by atomic mass is 32.1. The summed E-state index contributed by atoms with van der Waals surface area (Å²) in [6.07, 6.45) is 2.60. The third-order valence-electron chi connectivity index (χ3n) is 2.04. The second-order valence-corrected chi connectivity index (χ2v) is 4.30. The molecular formula is C10H7N3O4S. The predicted molar refractivity (Wildman–Crippen MR) is 64.8 cm³/mol. The van der Waals surface area contributed by atoms with Crippen LogP contribution in [0.25, 0.3) is 0 Å². The Labute approximate surface area is 105 Å². The molecule has 0 aliphatic carbocycles. The lowest BCUT2D eigenvalue weighted by molar-refractivity contribution is -0.380. The first-order valence-electron chi connectivity index (χ1n) is 4.76. The average molecular weight is 265 g/mol. The molecule has 2 aromatic rings. The first-order valence-corrected chi connectivity index (χ1v) is 5.58. The Bertz CT molecular complexity index is 611. The number of hydrogen-bond donors (Lipinski definition) is 2. The minimum Gasteiger partial charge on any atom is -0.504 e. The van der Waals surface area contributed by atoms with Crippen LogP contribution in [-0.4, -0.2) is 20.9 Å². The molecule has 18 heavy (non-hydrogen) atoms. The number of carbonyl (C=O) groups excluding carboxylic acids is 1. The number of hydrogen-bond acceptors (Lipinski definition) is 6. The van der Waals surface area contributed by atoms with E-state index >= 15 is 0 Å². The van der Waals surface area contributed by atoms with E-state index in [4.69, 9.17) is 0 Å². The SMILES string of the molecule is O=C(Nc1ccncc1O)c1ccc([N+](=O)[O-])s1. The van der Waals surface area contributed by atoms with Gasteiger partial charge in [-0.15, -0.1) is 0 Å². The second-order valence-electron chi connectivity index (χ2n) is 3.24. The largest absolute Gasteiger partial charge is 0.504 e. The normalized spacial score (nSPS) is 10.0. The molecule has 0 spiro atoms. The van der Waals surface area contributed by atoms with Crippen LogP contribution in [0.2, 0.25) is 0 Å². The lowest BCUT2D eigenvalue weighted by Gasteiger charge is -2.04. The number of aromatic hydroxyl groups is 1. The molecule has 2 N–H and O–H groups in total. The minimum atomic E-state index is -0.564. The van der Waals surface area contributed by atoms with Crippen LogP contribution >= 0.6 is 11.3 Å². The van der Waals surface area contributed by atoms with E-state index in [0.29, 0.717) is 0 Å². The molecule has 0 bridgehead atoms. The molecule has 0 aliphatic rings. The number of anilines is 1. The van der Waals surface area contributed by atoms with Gasteiger partial charge in [-0.05, 0) is 12.1 Å². The summed E-state index contributed by atoms with van der Waals surface area (Å²) in [7, 11) is 0. The van der Waals surface area contributed by atoms with Crippen LogP contribution in [0.5, 0.6) is 5.75 Å². The third kappa shape index (κ3) is 2.43. The minimum absolute atomic E-state index is 0.112. The molecule has 0 saturated carbocycles. The molecule has 2 heterocycles. The molecule has 0 saturated heterocycles. The molecule has 0 unspecified atom stereocenters. The topological polar surface area (TPSA) is 105 Å². The Morgan fingerprint density at radius 3 is 2.83 bits per heavy atom. The van der Waals surface area contributed by atoms with Crippen LogP contribution in [0, 0.1) is 10.1 Å². The van der Waals surface area contributed by atoms with Gasteiger partial charge in [-0.1, -0.05) is 11.3 Å². The van der Waals surface area contributed by atoms with Crippen LogP contribution in [0.4, 0.5) is 10.7 Å². The zero-order chi connectivity index (χ0) is 13.1. The van der Waals surface area contributed by atoms with Crippen LogP contribution in [0.1, 0.15) is 9.67 Å². The molecule has 1 amide bonds. The van der Waals surface area contributed by atoms with Gasteiger partial charge in [-0.3, -0.25) is 19.9 Å². The number of rotatable bonds is 3. The van der Waals surface area contributed by atoms with Gasteiger partial charge in [-0.25, -0.2) is 0 Å². The van der Waals surface area contributed by atoms with Crippen molar-refractivity contribution in [2.75, 3.05) is 5.32 Å². The second kappa shape index (κ2) is 4.80. The van der Waals surface area contributed by atoms with Crippen molar-refractivity contribution < 1.29 is 14.8 Å². The monoisotopic (exact) mass is 265 g/mol. The maximum absolute atomic E-state index is 11.7. The first-order chi connectivity index (χ1) is 8.58. The number of nitrogens with zero attached hydrogens (tertiary/aromatic N) is 2. The summed E-state index contributed by atoms with van der Waals surface area (Å²) < 4.78 is 0. The highest BCUT2D eigenvalue weighted by Crippen LogP contribution is 2.26. The quantitative estimate of drug-likeness (QED) is 0.652. The van der Waals surface area contributed by atoms with Gasteiger partial charge in [0.1, 0.15) is 0 Å². The van der Waals surface area contributed by atoms with Gasteiger partial charge < -0.3 is 10.4 Å². The highest BCUT2D eigenvalue weighted by molar-refractivity contribution is 7.17. The van der Waals surface area contributed by atoms with Crippen molar-refractivity contribution in [2.45, 2.75) is 0 Å². The van der Waals surface area contributed by atoms with E-state index in [1.54, 1.807) is 0 Å². The summed E-state index contributed by atoms with van der Waals surface area (Å²) in [5.41, 5.74) is 0.200. The van der Waals surface area contributed by atoms with E-state index in [1.165, 1.54) is 30.6 Å². The molecule has 0 atom stereocenters. The molecule has 0 fully saturated rings. The average Bonchev–Trinajstić information content (AvgIpc) is 2.81.